The molecule has 2 atom stereocenters. The molecule has 5 nitrogen and oxygen atoms in total. The van der Waals surface area contributed by atoms with Crippen molar-refractivity contribution in [2.45, 2.75) is 57.4 Å². The van der Waals surface area contributed by atoms with Crippen LogP contribution in [0.15, 0.2) is 0 Å². The summed E-state index contributed by atoms with van der Waals surface area (Å²) in [4.78, 5) is 16.3. The van der Waals surface area contributed by atoms with Crippen LogP contribution in [0.1, 0.15) is 40.5 Å². The van der Waals surface area contributed by atoms with Crippen LogP contribution in [0.3, 0.4) is 0 Å². The Morgan fingerprint density at radius 3 is 2.71 bits per heavy atom. The first kappa shape index (κ1) is 18.7. The second kappa shape index (κ2) is 8.36. The Balaban J connectivity index is 2.48. The molecule has 0 aliphatic carbocycles. The molecule has 1 saturated heterocycles. The highest BCUT2D eigenvalue weighted by Crippen LogP contribution is 2.30. The smallest absolute Gasteiger partial charge is 0.244 e. The van der Waals surface area contributed by atoms with Crippen molar-refractivity contribution in [2.24, 2.45) is 0 Å². The number of nitrogens with one attached hydrogen (secondary N) is 1. The summed E-state index contributed by atoms with van der Waals surface area (Å²) in [5.41, 5.74) is 1.72. The van der Waals surface area contributed by atoms with Gasteiger partial charge >= 0.3 is 0 Å². The van der Waals surface area contributed by atoms with Crippen LogP contribution in [0.25, 0.3) is 0 Å². The van der Waals surface area contributed by atoms with E-state index in [-0.39, 0.29) is 10.7 Å². The van der Waals surface area contributed by atoms with Gasteiger partial charge in [0.15, 0.2) is 0 Å². The topological polar surface area (TPSA) is 55.8 Å². The first-order chi connectivity index (χ1) is 9.79. The number of likely N-dealkylation sites (N-methyl/N-ethyl adjacent to an activating group) is 1. The van der Waals surface area contributed by atoms with E-state index in [1.54, 1.807) is 5.48 Å². The number of amides is 1. The van der Waals surface area contributed by atoms with E-state index in [2.05, 4.69) is 44.5 Å². The monoisotopic (exact) mass is 317 g/mol. The van der Waals surface area contributed by atoms with Crippen LogP contribution in [0.5, 0.6) is 0 Å². The van der Waals surface area contributed by atoms with Gasteiger partial charge < -0.3 is 4.90 Å². The number of hydroxylamine groups is 1. The molecule has 21 heavy (non-hydrogen) atoms. The third-order valence-electron chi connectivity index (χ3n) is 4.20. The van der Waals surface area contributed by atoms with Crippen LogP contribution in [0.4, 0.5) is 0 Å². The van der Waals surface area contributed by atoms with Gasteiger partial charge in [0.2, 0.25) is 5.91 Å². The fourth-order valence-corrected chi connectivity index (χ4v) is 4.00. The lowest BCUT2D eigenvalue weighted by Gasteiger charge is -2.43. The quantitative estimate of drug-likeness (QED) is 0.554. The molecule has 0 aromatic heterocycles. The number of carbonyl (C=O) groups excluding carboxylic acids is 1. The van der Waals surface area contributed by atoms with Gasteiger partial charge in [0.25, 0.3) is 0 Å². The predicted octanol–water partition coefficient (Wildman–Crippen LogP) is 1.81. The van der Waals surface area contributed by atoms with Gasteiger partial charge in [0.1, 0.15) is 0 Å². The molecule has 124 valence electrons. The lowest BCUT2D eigenvalue weighted by atomic mass is 10.1. The van der Waals surface area contributed by atoms with E-state index in [1.807, 2.05) is 11.8 Å². The molecule has 1 heterocycles. The fraction of sp³-hybridized carbons (Fsp3) is 0.933. The fourth-order valence-electron chi connectivity index (χ4n) is 2.89. The van der Waals surface area contributed by atoms with Crippen LogP contribution in [-0.4, -0.2) is 70.2 Å². The van der Waals surface area contributed by atoms with Gasteiger partial charge in [0.05, 0.1) is 0 Å². The summed E-state index contributed by atoms with van der Waals surface area (Å²) in [5, 5.41) is 8.65. The Morgan fingerprint density at radius 2 is 2.14 bits per heavy atom. The Bertz CT molecular complexity index is 339. The van der Waals surface area contributed by atoms with Crippen molar-refractivity contribution in [1.82, 2.24) is 15.3 Å². The Hall–Kier alpha value is -0.300. The molecule has 0 aromatic rings. The lowest BCUT2D eigenvalue weighted by molar-refractivity contribution is -0.129. The average molecular weight is 317 g/mol. The number of nitrogens with zero attached hydrogens (tertiary/aromatic N) is 2. The van der Waals surface area contributed by atoms with Crippen LogP contribution < -0.4 is 5.48 Å². The van der Waals surface area contributed by atoms with Gasteiger partial charge in [-0.25, -0.2) is 5.48 Å². The van der Waals surface area contributed by atoms with Crippen LogP contribution in [-0.2, 0) is 4.79 Å². The maximum Gasteiger partial charge on any atom is 0.244 e. The molecular weight excluding hydrogens is 286 g/mol. The first-order valence-corrected chi connectivity index (χ1v) is 8.78. The maximum absolute atomic E-state index is 11.3. The third kappa shape index (κ3) is 6.14. The SMILES string of the molecule is CCC1CN(C)CCN1C(C)CSC(C)(C)CC(=O)NO. The van der Waals surface area contributed by atoms with E-state index in [9.17, 15) is 4.79 Å². The van der Waals surface area contributed by atoms with E-state index >= 15 is 0 Å². The molecule has 2 unspecified atom stereocenters. The van der Waals surface area contributed by atoms with Gasteiger partial charge in [-0.15, -0.1) is 0 Å². The minimum absolute atomic E-state index is 0.157. The minimum Gasteiger partial charge on any atom is -0.304 e. The summed E-state index contributed by atoms with van der Waals surface area (Å²) in [7, 11) is 2.19. The Labute approximate surface area is 133 Å². The summed E-state index contributed by atoms with van der Waals surface area (Å²) in [6.07, 6.45) is 1.51. The van der Waals surface area contributed by atoms with Crippen LogP contribution >= 0.6 is 11.8 Å². The van der Waals surface area contributed by atoms with Crippen molar-refractivity contribution in [2.75, 3.05) is 32.4 Å². The Morgan fingerprint density at radius 1 is 1.48 bits per heavy atom. The van der Waals surface area contributed by atoms with Gasteiger partial charge in [-0.2, -0.15) is 11.8 Å². The first-order valence-electron chi connectivity index (χ1n) is 7.80. The summed E-state index contributed by atoms with van der Waals surface area (Å²) < 4.78 is -0.157. The zero-order valence-corrected chi connectivity index (χ0v) is 14.9. The number of hydrogen-bond donors (Lipinski definition) is 2. The minimum atomic E-state index is -0.314. The van der Waals surface area contributed by atoms with Crippen molar-refractivity contribution < 1.29 is 10.0 Å². The molecule has 0 aromatic carbocycles. The highest BCUT2D eigenvalue weighted by Gasteiger charge is 2.29. The standard InChI is InChI=1S/C15H31N3O2S/c1-6-13-10-17(5)7-8-18(13)12(2)11-21-15(3,4)9-14(19)16-20/h12-13,20H,6-11H2,1-5H3,(H,16,19). The molecule has 0 bridgehead atoms. The Kier molecular flexibility index (Phi) is 7.47. The molecule has 6 heteroatoms. The van der Waals surface area contributed by atoms with Gasteiger partial charge in [-0.05, 0) is 20.4 Å². The van der Waals surface area contributed by atoms with E-state index in [1.165, 1.54) is 6.42 Å². The van der Waals surface area contributed by atoms with E-state index in [4.69, 9.17) is 5.21 Å². The number of piperazine rings is 1. The number of rotatable bonds is 7. The summed E-state index contributed by atoms with van der Waals surface area (Å²) in [6, 6.07) is 1.13. The summed E-state index contributed by atoms with van der Waals surface area (Å²) in [5.74, 6) is 0.692. The largest absolute Gasteiger partial charge is 0.304 e. The van der Waals surface area contributed by atoms with Crippen molar-refractivity contribution in [3.63, 3.8) is 0 Å². The van der Waals surface area contributed by atoms with Gasteiger partial charge in [-0.1, -0.05) is 20.8 Å². The summed E-state index contributed by atoms with van der Waals surface area (Å²) in [6.45, 7) is 12.0. The third-order valence-corrected chi connectivity index (χ3v) is 5.77. The summed E-state index contributed by atoms with van der Waals surface area (Å²) >= 11 is 1.81. The molecule has 1 aliphatic rings. The van der Waals surface area contributed by atoms with Crippen molar-refractivity contribution >= 4 is 17.7 Å². The van der Waals surface area contributed by atoms with Gasteiger partial charge in [-0.3, -0.25) is 14.9 Å². The van der Waals surface area contributed by atoms with Crippen molar-refractivity contribution in [3.05, 3.63) is 0 Å². The molecule has 1 amide bonds. The number of carbonyl (C=O) groups is 1. The molecule has 1 rings (SSSR count). The molecule has 1 fully saturated rings. The van der Waals surface area contributed by atoms with Crippen molar-refractivity contribution in [1.29, 1.82) is 0 Å². The predicted molar refractivity (Wildman–Crippen MR) is 88.8 cm³/mol. The molecule has 1 aliphatic heterocycles. The van der Waals surface area contributed by atoms with Crippen LogP contribution in [0.2, 0.25) is 0 Å². The molecule has 0 saturated carbocycles. The van der Waals surface area contributed by atoms with Crippen LogP contribution in [0, 0.1) is 0 Å². The second-order valence-electron chi connectivity index (χ2n) is 6.69. The molecular formula is C15H31N3O2S. The van der Waals surface area contributed by atoms with E-state index in [0.29, 0.717) is 18.5 Å². The maximum atomic E-state index is 11.3. The number of hydrogen-bond acceptors (Lipinski definition) is 5. The highest BCUT2D eigenvalue weighted by atomic mass is 32.2. The zero-order chi connectivity index (χ0) is 16.0. The molecule has 0 spiro atoms. The normalized spacial score (nSPS) is 23.0. The second-order valence-corrected chi connectivity index (χ2v) is 8.42. The zero-order valence-electron chi connectivity index (χ0n) is 14.1. The van der Waals surface area contributed by atoms with E-state index < -0.39 is 0 Å². The highest BCUT2D eigenvalue weighted by molar-refractivity contribution is 8.00. The number of thioether (sulfide) groups is 1. The molecule has 2 N–H and O–H groups in total. The average Bonchev–Trinajstić information content (AvgIpc) is 2.44. The van der Waals surface area contributed by atoms with Crippen molar-refractivity contribution in [3.8, 4) is 0 Å². The lowest BCUT2D eigenvalue weighted by Crippen LogP contribution is -2.55. The molecule has 0 radical (unpaired) electrons. The van der Waals surface area contributed by atoms with Gasteiger partial charge in [0, 0.05) is 48.6 Å². The van der Waals surface area contributed by atoms with E-state index in [0.717, 1.165) is 25.4 Å².